The van der Waals surface area contributed by atoms with E-state index in [0.717, 1.165) is 70.2 Å². The molecule has 2 fully saturated rings. The van der Waals surface area contributed by atoms with Gasteiger partial charge in [-0.05, 0) is 85.4 Å². The molecule has 198 valence electrons. The average molecular weight is 520 g/mol. The van der Waals surface area contributed by atoms with Gasteiger partial charge in [-0.25, -0.2) is 0 Å². The molecule has 2 aliphatic carbocycles. The van der Waals surface area contributed by atoms with Crippen LogP contribution < -0.4 is 11.5 Å². The molecule has 39 heavy (non-hydrogen) atoms. The first-order chi connectivity index (χ1) is 18.9. The van der Waals surface area contributed by atoms with Gasteiger partial charge in [-0.2, -0.15) is 5.10 Å². The number of carbonyl (C=O) groups is 1. The van der Waals surface area contributed by atoms with Gasteiger partial charge >= 0.3 is 0 Å². The van der Waals surface area contributed by atoms with Crippen molar-refractivity contribution in [1.29, 1.82) is 0 Å². The normalized spacial score (nSPS) is 17.2. The lowest BCUT2D eigenvalue weighted by molar-refractivity contribution is 0.1000. The molecule has 1 amide bonds. The average Bonchev–Trinajstić information content (AvgIpc) is 3.87. The summed E-state index contributed by atoms with van der Waals surface area (Å²) < 4.78 is 1.79. The van der Waals surface area contributed by atoms with E-state index in [2.05, 4.69) is 0 Å². The molecule has 2 saturated carbocycles. The molecule has 0 saturated heterocycles. The van der Waals surface area contributed by atoms with Crippen LogP contribution in [0.2, 0.25) is 0 Å². The molecule has 0 aliphatic heterocycles. The van der Waals surface area contributed by atoms with Crippen molar-refractivity contribution in [2.75, 3.05) is 0 Å². The fraction of sp³-hybridized carbons (Fsp3) is 0.281. The maximum absolute atomic E-state index is 11.8. The number of hydrogen-bond acceptors (Lipinski definition) is 5. The second-order valence-electron chi connectivity index (χ2n) is 10.7. The molecule has 1 atom stereocenters. The quantitative estimate of drug-likeness (QED) is 0.249. The van der Waals surface area contributed by atoms with E-state index in [1.807, 2.05) is 73.8 Å². The van der Waals surface area contributed by atoms with Crippen LogP contribution in [0.1, 0.15) is 71.7 Å². The smallest absolute Gasteiger partial charge is 0.248 e. The zero-order valence-electron chi connectivity index (χ0n) is 22.0. The molecule has 0 bridgehead atoms. The highest BCUT2D eigenvalue weighted by Gasteiger charge is 2.32. The first-order valence-electron chi connectivity index (χ1n) is 13.6. The summed E-state index contributed by atoms with van der Waals surface area (Å²) in [6.45, 7) is 2.38. The third-order valence-electron chi connectivity index (χ3n) is 7.71. The van der Waals surface area contributed by atoms with Gasteiger partial charge in [-0.3, -0.25) is 14.5 Å². The highest BCUT2D eigenvalue weighted by Crippen LogP contribution is 2.46. The zero-order chi connectivity index (χ0) is 27.1. The minimum Gasteiger partial charge on any atom is -0.398 e. The van der Waals surface area contributed by atoms with Crippen LogP contribution in [-0.4, -0.2) is 26.5 Å². The standard InChI is InChI=1S/C32H33N5O2/c1-19(35-27-15-14-23(32(34)39)16-25(27)20-10-11-20)30(22-12-13-22)31(33)24-8-5-9-28-26(24)17-37(36-28)18-29(38)21-6-3-2-4-7-21/h2-9,14-17,20,22,29,38H,10-13,18,33H2,1H3,(H2,34,39)/b31-30+,35-19?. The summed E-state index contributed by atoms with van der Waals surface area (Å²) in [4.78, 5) is 16.8. The number of primary amides is 1. The van der Waals surface area contributed by atoms with Crippen LogP contribution in [0, 0.1) is 5.92 Å². The number of aliphatic hydroxyl groups is 1. The van der Waals surface area contributed by atoms with E-state index in [-0.39, 0.29) is 0 Å². The summed E-state index contributed by atoms with van der Waals surface area (Å²) in [7, 11) is 0. The molecule has 6 rings (SSSR count). The lowest BCUT2D eigenvalue weighted by Crippen LogP contribution is -2.11. The second-order valence-corrected chi connectivity index (χ2v) is 10.7. The Morgan fingerprint density at radius 1 is 1.05 bits per heavy atom. The van der Waals surface area contributed by atoms with E-state index >= 15 is 0 Å². The van der Waals surface area contributed by atoms with Crippen LogP contribution >= 0.6 is 0 Å². The Balaban J connectivity index is 1.37. The van der Waals surface area contributed by atoms with Crippen LogP contribution in [0.5, 0.6) is 0 Å². The van der Waals surface area contributed by atoms with Crippen molar-refractivity contribution in [1.82, 2.24) is 9.78 Å². The van der Waals surface area contributed by atoms with Crippen molar-refractivity contribution in [2.45, 2.75) is 51.2 Å². The van der Waals surface area contributed by atoms with E-state index < -0.39 is 12.0 Å². The van der Waals surface area contributed by atoms with Gasteiger partial charge in [0.25, 0.3) is 0 Å². The zero-order valence-corrected chi connectivity index (χ0v) is 22.0. The van der Waals surface area contributed by atoms with Crippen molar-refractivity contribution < 1.29 is 9.90 Å². The Morgan fingerprint density at radius 2 is 1.82 bits per heavy atom. The number of nitrogens with zero attached hydrogens (tertiary/aromatic N) is 3. The van der Waals surface area contributed by atoms with Crippen molar-refractivity contribution in [2.24, 2.45) is 22.4 Å². The molecule has 7 heteroatoms. The Bertz CT molecular complexity index is 1610. The molecular weight excluding hydrogens is 486 g/mol. The number of amides is 1. The number of rotatable bonds is 9. The number of aromatic nitrogens is 2. The molecule has 5 N–H and O–H groups in total. The first kappa shape index (κ1) is 25.1. The highest BCUT2D eigenvalue weighted by atomic mass is 16.3. The van der Waals surface area contributed by atoms with Crippen LogP contribution in [0.3, 0.4) is 0 Å². The lowest BCUT2D eigenvalue weighted by atomic mass is 9.97. The van der Waals surface area contributed by atoms with Gasteiger partial charge in [-0.15, -0.1) is 0 Å². The Kier molecular flexibility index (Phi) is 6.53. The van der Waals surface area contributed by atoms with Gasteiger partial charge in [0.2, 0.25) is 5.91 Å². The van der Waals surface area contributed by atoms with Gasteiger partial charge in [-0.1, -0.05) is 42.5 Å². The van der Waals surface area contributed by atoms with Crippen LogP contribution in [0.4, 0.5) is 5.69 Å². The molecule has 0 spiro atoms. The summed E-state index contributed by atoms with van der Waals surface area (Å²) in [5.41, 5.74) is 20.2. The molecule has 4 aromatic rings. The molecule has 1 aromatic heterocycles. The topological polar surface area (TPSA) is 120 Å². The molecule has 1 heterocycles. The van der Waals surface area contributed by atoms with Gasteiger partial charge in [0.15, 0.2) is 0 Å². The summed E-state index contributed by atoms with van der Waals surface area (Å²) in [5.74, 6) is 0.373. The van der Waals surface area contributed by atoms with Crippen LogP contribution in [0.15, 0.2) is 83.5 Å². The number of nitrogens with two attached hydrogens (primary N) is 2. The van der Waals surface area contributed by atoms with E-state index in [9.17, 15) is 9.90 Å². The largest absolute Gasteiger partial charge is 0.398 e. The predicted octanol–water partition coefficient (Wildman–Crippen LogP) is 5.62. The van der Waals surface area contributed by atoms with Crippen molar-refractivity contribution in [3.63, 3.8) is 0 Å². The molecule has 3 aromatic carbocycles. The summed E-state index contributed by atoms with van der Waals surface area (Å²) >= 11 is 0. The van der Waals surface area contributed by atoms with Gasteiger partial charge in [0, 0.05) is 34.1 Å². The fourth-order valence-electron chi connectivity index (χ4n) is 5.38. The maximum atomic E-state index is 11.8. The number of fused-ring (bicyclic) bond motifs is 1. The van der Waals surface area contributed by atoms with Crippen molar-refractivity contribution in [3.05, 3.63) is 101 Å². The Labute approximate surface area is 227 Å². The second kappa shape index (κ2) is 10.2. The minimum atomic E-state index is -0.658. The van der Waals surface area contributed by atoms with Gasteiger partial charge < -0.3 is 16.6 Å². The molecule has 0 radical (unpaired) electrons. The third-order valence-corrected chi connectivity index (χ3v) is 7.71. The van der Waals surface area contributed by atoms with Gasteiger partial charge in [0.05, 0.1) is 23.9 Å². The van der Waals surface area contributed by atoms with E-state index in [1.54, 1.807) is 10.7 Å². The Hall–Kier alpha value is -4.23. The number of benzene rings is 3. The number of allylic oxidation sites excluding steroid dienone is 1. The third kappa shape index (κ3) is 5.22. The molecule has 2 aliphatic rings. The van der Waals surface area contributed by atoms with E-state index in [4.69, 9.17) is 21.6 Å². The van der Waals surface area contributed by atoms with E-state index in [0.29, 0.717) is 29.6 Å². The summed E-state index contributed by atoms with van der Waals surface area (Å²) in [5, 5.41) is 16.4. The van der Waals surface area contributed by atoms with Gasteiger partial charge in [0.1, 0.15) is 0 Å². The van der Waals surface area contributed by atoms with Crippen molar-refractivity contribution in [3.8, 4) is 0 Å². The number of aliphatic imine (C=N–C) groups is 1. The molecule has 1 unspecified atom stereocenters. The lowest BCUT2D eigenvalue weighted by Gasteiger charge is -2.14. The number of hydrogen-bond donors (Lipinski definition) is 3. The predicted molar refractivity (Wildman–Crippen MR) is 155 cm³/mol. The SMILES string of the molecule is CC(=Nc1ccc(C(N)=O)cc1C1CC1)/C(=C(\N)c1cccc2nn(CC(O)c3ccccc3)cc12)C1CC1. The van der Waals surface area contributed by atoms with Crippen LogP contribution in [-0.2, 0) is 6.54 Å². The monoisotopic (exact) mass is 519 g/mol. The number of aliphatic hydroxyl groups excluding tert-OH is 1. The minimum absolute atomic E-state index is 0.350. The first-order valence-corrected chi connectivity index (χ1v) is 13.6. The highest BCUT2D eigenvalue weighted by molar-refractivity contribution is 6.08. The van der Waals surface area contributed by atoms with E-state index in [1.165, 1.54) is 0 Å². The number of carbonyl (C=O) groups excluding carboxylic acids is 1. The molecule has 7 nitrogen and oxygen atoms in total. The maximum Gasteiger partial charge on any atom is 0.248 e. The summed E-state index contributed by atoms with van der Waals surface area (Å²) in [6, 6.07) is 21.1. The summed E-state index contributed by atoms with van der Waals surface area (Å²) in [6.07, 6.45) is 5.67. The van der Waals surface area contributed by atoms with Crippen LogP contribution in [0.25, 0.3) is 16.6 Å². The Morgan fingerprint density at radius 3 is 2.51 bits per heavy atom. The fourth-order valence-corrected chi connectivity index (χ4v) is 5.38. The van der Waals surface area contributed by atoms with Crippen molar-refractivity contribution >= 4 is 33.9 Å². The molecular formula is C32H33N5O2.